The van der Waals surface area contributed by atoms with Crippen molar-refractivity contribution in [1.29, 1.82) is 0 Å². The molecule has 0 saturated carbocycles. The van der Waals surface area contributed by atoms with Crippen molar-refractivity contribution in [2.24, 2.45) is 0 Å². The molecule has 0 atom stereocenters. The van der Waals surface area contributed by atoms with Crippen LogP contribution in [0.1, 0.15) is 40.7 Å². The van der Waals surface area contributed by atoms with Crippen LogP contribution in [0, 0.1) is 19.7 Å². The molecule has 0 unspecified atom stereocenters. The van der Waals surface area contributed by atoms with Crippen molar-refractivity contribution < 1.29 is 9.18 Å². The Bertz CT molecular complexity index is 664. The maximum Gasteiger partial charge on any atom is 0.166 e. The lowest BCUT2D eigenvalue weighted by Crippen LogP contribution is -2.06. The number of carbonyl (C=O) groups is 1. The third kappa shape index (κ3) is 2.75. The third-order valence-corrected chi connectivity index (χ3v) is 3.67. The van der Waals surface area contributed by atoms with Gasteiger partial charge in [-0.25, -0.2) is 4.39 Å². The summed E-state index contributed by atoms with van der Waals surface area (Å²) in [5, 5.41) is 4.74. The van der Waals surface area contributed by atoms with E-state index in [0.29, 0.717) is 29.2 Å². The molecule has 0 spiro atoms. The van der Waals surface area contributed by atoms with Crippen LogP contribution in [0.4, 0.5) is 4.39 Å². The van der Waals surface area contributed by atoms with Gasteiger partial charge in [0.25, 0.3) is 0 Å². The molecule has 0 radical (unpaired) electrons. The number of rotatable bonds is 4. The molecule has 0 fully saturated rings. The molecule has 0 aliphatic carbocycles. The summed E-state index contributed by atoms with van der Waals surface area (Å²) in [6, 6.07) is 4.28. The van der Waals surface area contributed by atoms with Crippen LogP contribution in [0.15, 0.2) is 18.2 Å². The Morgan fingerprint density at radius 1 is 1.40 bits per heavy atom. The number of carbonyl (C=O) groups excluding carboxylic acids is 1. The molecule has 0 aliphatic heterocycles. The first kappa shape index (κ1) is 14.7. The number of Topliss-reactive ketones (excluding diaryl/α,β-unsaturated/α-hetero) is 1. The van der Waals surface area contributed by atoms with Crippen molar-refractivity contribution in [2.75, 3.05) is 0 Å². The van der Waals surface area contributed by atoms with Gasteiger partial charge in [-0.3, -0.25) is 9.48 Å². The summed E-state index contributed by atoms with van der Waals surface area (Å²) in [6.07, 6.45) is 0.449. The standard InChI is InChI=1S/C15H16ClFN2O/c1-4-14(20)15-9(2)18-19(10(15)3)8-11-5-6-12(17)7-13(11)16/h5-7H,4,8H2,1-3H3. The van der Waals surface area contributed by atoms with Gasteiger partial charge >= 0.3 is 0 Å². The average molecular weight is 295 g/mol. The van der Waals surface area contributed by atoms with E-state index in [-0.39, 0.29) is 11.6 Å². The van der Waals surface area contributed by atoms with Gasteiger partial charge < -0.3 is 0 Å². The molecule has 1 aromatic carbocycles. The molecule has 0 saturated heterocycles. The smallest absolute Gasteiger partial charge is 0.166 e. The highest BCUT2D eigenvalue weighted by Crippen LogP contribution is 2.21. The van der Waals surface area contributed by atoms with E-state index in [9.17, 15) is 9.18 Å². The monoisotopic (exact) mass is 294 g/mol. The number of ketones is 1. The second-order valence-electron chi connectivity index (χ2n) is 4.72. The van der Waals surface area contributed by atoms with Crippen LogP contribution >= 0.6 is 11.6 Å². The van der Waals surface area contributed by atoms with Crippen LogP contribution in [0.25, 0.3) is 0 Å². The van der Waals surface area contributed by atoms with Crippen LogP contribution in [-0.4, -0.2) is 15.6 Å². The van der Waals surface area contributed by atoms with Crippen LogP contribution in [0.2, 0.25) is 5.02 Å². The Morgan fingerprint density at radius 2 is 2.10 bits per heavy atom. The molecular weight excluding hydrogens is 279 g/mol. The highest BCUT2D eigenvalue weighted by atomic mass is 35.5. The quantitative estimate of drug-likeness (QED) is 0.801. The lowest BCUT2D eigenvalue weighted by atomic mass is 10.1. The number of hydrogen-bond acceptors (Lipinski definition) is 2. The van der Waals surface area contributed by atoms with Gasteiger partial charge in [0, 0.05) is 17.1 Å². The number of hydrogen-bond donors (Lipinski definition) is 0. The Labute approximate surface area is 122 Å². The largest absolute Gasteiger partial charge is 0.294 e. The molecule has 106 valence electrons. The van der Waals surface area contributed by atoms with Gasteiger partial charge in [-0.2, -0.15) is 5.10 Å². The van der Waals surface area contributed by atoms with E-state index in [1.165, 1.54) is 12.1 Å². The molecule has 0 N–H and O–H groups in total. The fraction of sp³-hybridized carbons (Fsp3) is 0.333. The van der Waals surface area contributed by atoms with Gasteiger partial charge in [0.2, 0.25) is 0 Å². The van der Waals surface area contributed by atoms with Crippen molar-refractivity contribution in [3.05, 3.63) is 51.6 Å². The highest BCUT2D eigenvalue weighted by Gasteiger charge is 2.17. The topological polar surface area (TPSA) is 34.9 Å². The van der Waals surface area contributed by atoms with Crippen LogP contribution in [0.3, 0.4) is 0 Å². The first-order valence-corrected chi connectivity index (χ1v) is 6.83. The summed E-state index contributed by atoms with van der Waals surface area (Å²) in [5.74, 6) is -0.287. The van der Waals surface area contributed by atoms with Crippen molar-refractivity contribution >= 4 is 17.4 Å². The van der Waals surface area contributed by atoms with E-state index in [4.69, 9.17) is 11.6 Å². The van der Waals surface area contributed by atoms with E-state index < -0.39 is 0 Å². The van der Waals surface area contributed by atoms with Gasteiger partial charge in [-0.1, -0.05) is 24.6 Å². The molecule has 1 aromatic heterocycles. The lowest BCUT2D eigenvalue weighted by molar-refractivity contribution is 0.0987. The average Bonchev–Trinajstić information content (AvgIpc) is 2.67. The fourth-order valence-corrected chi connectivity index (χ4v) is 2.47. The number of aryl methyl sites for hydroxylation is 1. The van der Waals surface area contributed by atoms with Crippen molar-refractivity contribution in [1.82, 2.24) is 9.78 Å². The molecule has 0 aliphatic rings. The van der Waals surface area contributed by atoms with Gasteiger partial charge in [-0.15, -0.1) is 0 Å². The molecule has 0 bridgehead atoms. The molecule has 2 rings (SSSR count). The third-order valence-electron chi connectivity index (χ3n) is 3.32. The molecule has 2 aromatic rings. The molecule has 3 nitrogen and oxygen atoms in total. The number of nitrogens with zero attached hydrogens (tertiary/aromatic N) is 2. The maximum atomic E-state index is 13.0. The SMILES string of the molecule is CCC(=O)c1c(C)nn(Cc2ccc(F)cc2Cl)c1C. The van der Waals surface area contributed by atoms with E-state index in [1.807, 2.05) is 20.8 Å². The number of aromatic nitrogens is 2. The Hall–Kier alpha value is -1.68. The Morgan fingerprint density at radius 3 is 2.70 bits per heavy atom. The normalized spacial score (nSPS) is 10.8. The first-order valence-electron chi connectivity index (χ1n) is 6.45. The Kier molecular flexibility index (Phi) is 4.23. The second kappa shape index (κ2) is 5.75. The van der Waals surface area contributed by atoms with Crippen molar-refractivity contribution in [2.45, 2.75) is 33.7 Å². The number of benzene rings is 1. The van der Waals surface area contributed by atoms with Crippen molar-refractivity contribution in [3.8, 4) is 0 Å². The maximum absolute atomic E-state index is 13.0. The van der Waals surface area contributed by atoms with Gasteiger partial charge in [-0.05, 0) is 31.5 Å². The zero-order valence-corrected chi connectivity index (χ0v) is 12.5. The highest BCUT2D eigenvalue weighted by molar-refractivity contribution is 6.31. The fourth-order valence-electron chi connectivity index (χ4n) is 2.24. The first-order chi connectivity index (χ1) is 9.43. The summed E-state index contributed by atoms with van der Waals surface area (Å²) < 4.78 is 14.8. The predicted molar refractivity (Wildman–Crippen MR) is 76.8 cm³/mol. The molecular formula is C15H16ClFN2O. The van der Waals surface area contributed by atoms with E-state index in [2.05, 4.69) is 5.10 Å². The minimum Gasteiger partial charge on any atom is -0.294 e. The van der Waals surface area contributed by atoms with Crippen LogP contribution < -0.4 is 0 Å². The van der Waals surface area contributed by atoms with Gasteiger partial charge in [0.05, 0.1) is 17.8 Å². The summed E-state index contributed by atoms with van der Waals surface area (Å²) in [7, 11) is 0. The summed E-state index contributed by atoms with van der Waals surface area (Å²) in [5.41, 5.74) is 2.97. The molecule has 1 heterocycles. The van der Waals surface area contributed by atoms with E-state index >= 15 is 0 Å². The zero-order valence-electron chi connectivity index (χ0n) is 11.7. The minimum absolute atomic E-state index is 0.0800. The Balaban J connectivity index is 2.37. The van der Waals surface area contributed by atoms with Gasteiger partial charge in [0.1, 0.15) is 5.82 Å². The summed E-state index contributed by atoms with van der Waals surface area (Å²) in [4.78, 5) is 11.9. The summed E-state index contributed by atoms with van der Waals surface area (Å²) in [6.45, 7) is 5.93. The van der Waals surface area contributed by atoms with Crippen molar-refractivity contribution in [3.63, 3.8) is 0 Å². The zero-order chi connectivity index (χ0) is 14.9. The molecule has 0 amide bonds. The van der Waals surface area contributed by atoms with Crippen LogP contribution in [-0.2, 0) is 6.54 Å². The van der Waals surface area contributed by atoms with E-state index in [0.717, 1.165) is 11.3 Å². The van der Waals surface area contributed by atoms with E-state index in [1.54, 1.807) is 10.7 Å². The second-order valence-corrected chi connectivity index (χ2v) is 5.12. The van der Waals surface area contributed by atoms with Gasteiger partial charge in [0.15, 0.2) is 5.78 Å². The lowest BCUT2D eigenvalue weighted by Gasteiger charge is -2.07. The molecule has 5 heteroatoms. The predicted octanol–water partition coefficient (Wildman–Crippen LogP) is 3.93. The minimum atomic E-state index is -0.367. The molecule has 20 heavy (non-hydrogen) atoms. The van der Waals surface area contributed by atoms with Crippen LogP contribution in [0.5, 0.6) is 0 Å². The number of halogens is 2. The summed E-state index contributed by atoms with van der Waals surface area (Å²) >= 11 is 6.02.